The van der Waals surface area contributed by atoms with Crippen LogP contribution in [0.4, 0.5) is 5.69 Å². The molecule has 0 spiro atoms. The highest BCUT2D eigenvalue weighted by Gasteiger charge is 2.26. The lowest BCUT2D eigenvalue weighted by atomic mass is 10.2. The normalized spacial score (nSPS) is 16.2. The number of para-hydroxylation sites is 2. The smallest absolute Gasteiger partial charge is 0.310 e. The van der Waals surface area contributed by atoms with Gasteiger partial charge in [0, 0.05) is 44.4 Å². The van der Waals surface area contributed by atoms with E-state index >= 15 is 0 Å². The van der Waals surface area contributed by atoms with Crippen molar-refractivity contribution in [2.75, 3.05) is 39.3 Å². The molecule has 1 saturated heterocycles. The second kappa shape index (κ2) is 9.67. The fourth-order valence-corrected chi connectivity index (χ4v) is 3.65. The zero-order chi connectivity index (χ0) is 21.6. The molecule has 0 saturated carbocycles. The lowest BCUT2D eigenvalue weighted by Crippen LogP contribution is -2.48. The number of benzene rings is 2. The molecule has 1 aliphatic heterocycles. The van der Waals surface area contributed by atoms with Crippen molar-refractivity contribution in [3.8, 4) is 17.1 Å². The summed E-state index contributed by atoms with van der Waals surface area (Å²) in [4.78, 5) is 19.8. The lowest BCUT2D eigenvalue weighted by molar-refractivity contribution is -0.385. The van der Waals surface area contributed by atoms with Crippen LogP contribution in [0.15, 0.2) is 59.1 Å². The molecule has 1 aliphatic rings. The second-order valence-corrected chi connectivity index (χ2v) is 7.45. The maximum atomic E-state index is 11.1. The highest BCUT2D eigenvalue weighted by molar-refractivity contribution is 5.53. The fraction of sp³-hybridized carbons (Fsp3) is 0.364. The monoisotopic (exact) mass is 423 g/mol. The van der Waals surface area contributed by atoms with Crippen molar-refractivity contribution in [3.63, 3.8) is 0 Å². The minimum atomic E-state index is -0.420. The molecule has 0 radical (unpaired) electrons. The van der Waals surface area contributed by atoms with E-state index in [0.717, 1.165) is 31.7 Å². The van der Waals surface area contributed by atoms with Gasteiger partial charge in [-0.1, -0.05) is 47.6 Å². The summed E-state index contributed by atoms with van der Waals surface area (Å²) >= 11 is 0. The minimum Gasteiger partial charge on any atom is -0.485 e. The predicted octanol–water partition coefficient (Wildman–Crippen LogP) is 3.40. The summed E-state index contributed by atoms with van der Waals surface area (Å²) in [5.41, 5.74) is 0.934. The van der Waals surface area contributed by atoms with Crippen LogP contribution in [0.2, 0.25) is 0 Å². The van der Waals surface area contributed by atoms with Gasteiger partial charge in [-0.05, 0) is 13.0 Å². The van der Waals surface area contributed by atoms with Gasteiger partial charge in [0.15, 0.2) is 5.75 Å². The second-order valence-electron chi connectivity index (χ2n) is 7.45. The quantitative estimate of drug-likeness (QED) is 0.402. The molecule has 0 amide bonds. The molecule has 1 unspecified atom stereocenters. The summed E-state index contributed by atoms with van der Waals surface area (Å²) in [5, 5.41) is 15.2. The molecule has 31 heavy (non-hydrogen) atoms. The van der Waals surface area contributed by atoms with Crippen molar-refractivity contribution < 1.29 is 14.2 Å². The third-order valence-corrected chi connectivity index (χ3v) is 5.51. The van der Waals surface area contributed by atoms with Crippen molar-refractivity contribution in [2.45, 2.75) is 13.0 Å². The Morgan fingerprint density at radius 2 is 1.81 bits per heavy atom. The van der Waals surface area contributed by atoms with Crippen molar-refractivity contribution in [1.82, 2.24) is 19.9 Å². The molecule has 162 valence electrons. The zero-order valence-electron chi connectivity index (χ0n) is 17.4. The van der Waals surface area contributed by atoms with Crippen LogP contribution < -0.4 is 4.74 Å². The number of ether oxygens (including phenoxy) is 1. The standard InChI is InChI=1S/C22H25N5O4/c1-17(22-23-21(24-31-22)18-7-3-2-4-8-18)26-13-11-25(12-14-26)15-16-30-20-10-6-5-9-19(20)27(28)29/h2-10,17H,11-16H2,1H3. The number of nitro groups is 1. The van der Waals surface area contributed by atoms with E-state index in [-0.39, 0.29) is 11.7 Å². The third kappa shape index (κ3) is 5.07. The highest BCUT2D eigenvalue weighted by Crippen LogP contribution is 2.26. The van der Waals surface area contributed by atoms with Crippen molar-refractivity contribution in [3.05, 3.63) is 70.6 Å². The molecule has 0 bridgehead atoms. The molecule has 3 aromatic rings. The van der Waals surface area contributed by atoms with Gasteiger partial charge in [-0.25, -0.2) is 0 Å². The van der Waals surface area contributed by atoms with Crippen molar-refractivity contribution in [2.24, 2.45) is 0 Å². The van der Waals surface area contributed by atoms with Crippen molar-refractivity contribution in [1.29, 1.82) is 0 Å². The van der Waals surface area contributed by atoms with Gasteiger partial charge in [-0.2, -0.15) is 4.98 Å². The first-order valence-corrected chi connectivity index (χ1v) is 10.3. The molecule has 1 aromatic heterocycles. The molecule has 2 heterocycles. The van der Waals surface area contributed by atoms with Crippen LogP contribution in [0.1, 0.15) is 18.9 Å². The minimum absolute atomic E-state index is 0.00410. The fourth-order valence-electron chi connectivity index (χ4n) is 3.65. The number of hydrogen-bond acceptors (Lipinski definition) is 8. The maximum absolute atomic E-state index is 11.1. The Bertz CT molecular complexity index is 1000. The van der Waals surface area contributed by atoms with Gasteiger partial charge in [0.05, 0.1) is 11.0 Å². The molecular formula is C22H25N5O4. The Balaban J connectivity index is 1.25. The van der Waals surface area contributed by atoms with Gasteiger partial charge in [-0.3, -0.25) is 19.9 Å². The van der Waals surface area contributed by atoms with Crippen LogP contribution in [-0.4, -0.2) is 64.2 Å². The van der Waals surface area contributed by atoms with Crippen LogP contribution in [0.25, 0.3) is 11.4 Å². The highest BCUT2D eigenvalue weighted by atomic mass is 16.6. The lowest BCUT2D eigenvalue weighted by Gasteiger charge is -2.36. The molecular weight excluding hydrogens is 398 g/mol. The number of piperazine rings is 1. The van der Waals surface area contributed by atoms with Gasteiger partial charge >= 0.3 is 5.69 Å². The van der Waals surface area contributed by atoms with Gasteiger partial charge in [0.1, 0.15) is 6.61 Å². The Morgan fingerprint density at radius 1 is 1.10 bits per heavy atom. The predicted molar refractivity (Wildman–Crippen MR) is 115 cm³/mol. The van der Waals surface area contributed by atoms with Crippen LogP contribution in [0, 0.1) is 10.1 Å². The first-order valence-electron chi connectivity index (χ1n) is 10.3. The van der Waals surface area contributed by atoms with Crippen LogP contribution >= 0.6 is 0 Å². The summed E-state index contributed by atoms with van der Waals surface area (Å²) in [7, 11) is 0. The molecule has 9 heteroatoms. The summed E-state index contributed by atoms with van der Waals surface area (Å²) in [6, 6.07) is 16.3. The molecule has 0 aliphatic carbocycles. The van der Waals surface area contributed by atoms with E-state index in [0.29, 0.717) is 30.6 Å². The zero-order valence-corrected chi connectivity index (χ0v) is 17.4. The van der Waals surface area contributed by atoms with Crippen LogP contribution in [0.3, 0.4) is 0 Å². The van der Waals surface area contributed by atoms with E-state index in [4.69, 9.17) is 9.26 Å². The third-order valence-electron chi connectivity index (χ3n) is 5.51. The summed E-state index contributed by atoms with van der Waals surface area (Å²) in [6.07, 6.45) is 0. The van der Waals surface area contributed by atoms with Crippen molar-refractivity contribution >= 4 is 5.69 Å². The van der Waals surface area contributed by atoms with Gasteiger partial charge in [0.2, 0.25) is 11.7 Å². The number of rotatable bonds is 8. The largest absolute Gasteiger partial charge is 0.485 e. The molecule has 9 nitrogen and oxygen atoms in total. The Kier molecular flexibility index (Phi) is 6.54. The van der Waals surface area contributed by atoms with Crippen LogP contribution in [0.5, 0.6) is 5.75 Å². The van der Waals surface area contributed by atoms with Crippen LogP contribution in [-0.2, 0) is 0 Å². The van der Waals surface area contributed by atoms with Gasteiger partial charge in [-0.15, -0.1) is 0 Å². The Morgan fingerprint density at radius 3 is 2.55 bits per heavy atom. The number of nitrogens with zero attached hydrogens (tertiary/aromatic N) is 5. The maximum Gasteiger partial charge on any atom is 0.310 e. The number of hydrogen-bond donors (Lipinski definition) is 0. The molecule has 2 aromatic carbocycles. The number of nitro benzene ring substituents is 1. The average Bonchev–Trinajstić information content (AvgIpc) is 3.30. The number of aromatic nitrogens is 2. The molecule has 1 fully saturated rings. The van der Waals surface area contributed by atoms with Gasteiger partial charge < -0.3 is 9.26 Å². The van der Waals surface area contributed by atoms with E-state index in [1.165, 1.54) is 6.07 Å². The van der Waals surface area contributed by atoms with Gasteiger partial charge in [0.25, 0.3) is 0 Å². The first-order chi connectivity index (χ1) is 15.1. The molecule has 4 rings (SSSR count). The summed E-state index contributed by atoms with van der Waals surface area (Å²) in [5.74, 6) is 1.53. The topological polar surface area (TPSA) is 97.8 Å². The Hall–Kier alpha value is -3.30. The van der Waals surface area contributed by atoms with E-state index < -0.39 is 4.92 Å². The van der Waals surface area contributed by atoms with E-state index in [1.54, 1.807) is 18.2 Å². The van der Waals surface area contributed by atoms with E-state index in [1.807, 2.05) is 30.3 Å². The molecule has 0 N–H and O–H groups in total. The Labute approximate surface area is 180 Å². The summed E-state index contributed by atoms with van der Waals surface area (Å²) < 4.78 is 11.2. The molecule has 1 atom stereocenters. The van der Waals surface area contributed by atoms with E-state index in [9.17, 15) is 10.1 Å². The first kappa shape index (κ1) is 21.0. The van der Waals surface area contributed by atoms with E-state index in [2.05, 4.69) is 26.9 Å². The summed E-state index contributed by atoms with van der Waals surface area (Å²) in [6.45, 7) is 6.70. The SMILES string of the molecule is CC(c1nc(-c2ccccc2)no1)N1CCN(CCOc2ccccc2[N+](=O)[O-])CC1. The average molecular weight is 423 g/mol.